The fraction of sp³-hybridized carbons (Fsp3) is 0.417. The lowest BCUT2D eigenvalue weighted by Gasteiger charge is -2.26. The van der Waals surface area contributed by atoms with Crippen LogP contribution < -0.4 is 4.90 Å². The van der Waals surface area contributed by atoms with Gasteiger partial charge in [-0.1, -0.05) is 0 Å². The Morgan fingerprint density at radius 2 is 2.22 bits per heavy atom. The van der Waals surface area contributed by atoms with E-state index in [1.54, 1.807) is 31.6 Å². The number of urea groups is 1. The highest BCUT2D eigenvalue weighted by Gasteiger charge is 2.35. The second-order valence-corrected chi connectivity index (χ2v) is 4.31. The third-order valence-electron chi connectivity index (χ3n) is 2.86. The van der Waals surface area contributed by atoms with Crippen LogP contribution in [-0.4, -0.2) is 46.6 Å². The normalized spacial score (nSPS) is 14.1. The summed E-state index contributed by atoms with van der Waals surface area (Å²) in [6, 6.07) is 3.26. The van der Waals surface area contributed by atoms with Crippen molar-refractivity contribution in [1.82, 2.24) is 9.88 Å². The zero-order valence-electron chi connectivity index (χ0n) is 10.1. The highest BCUT2D eigenvalue weighted by Crippen LogP contribution is 2.28. The zero-order chi connectivity index (χ0) is 13.1. The fourth-order valence-corrected chi connectivity index (χ4v) is 1.74. The van der Waals surface area contributed by atoms with Crippen LogP contribution in [-0.2, 0) is 4.79 Å². The van der Waals surface area contributed by atoms with E-state index in [1.165, 1.54) is 9.80 Å². The van der Waals surface area contributed by atoms with Gasteiger partial charge in [0.25, 0.3) is 0 Å². The molecule has 1 aliphatic carbocycles. The first-order valence-corrected chi connectivity index (χ1v) is 5.75. The van der Waals surface area contributed by atoms with Crippen molar-refractivity contribution < 1.29 is 14.7 Å². The molecule has 1 N–H and O–H groups in total. The average Bonchev–Trinajstić information content (AvgIpc) is 3.19. The summed E-state index contributed by atoms with van der Waals surface area (Å²) in [5.41, 5.74) is 0.651. The maximum atomic E-state index is 12.2. The lowest BCUT2D eigenvalue weighted by Crippen LogP contribution is -2.45. The Labute approximate surface area is 105 Å². The number of hydrogen-bond donors (Lipinski definition) is 1. The molecule has 0 aliphatic heterocycles. The number of rotatable bonds is 4. The molecule has 0 bridgehead atoms. The summed E-state index contributed by atoms with van der Waals surface area (Å²) < 4.78 is 0. The second kappa shape index (κ2) is 5.03. The first-order valence-electron chi connectivity index (χ1n) is 5.75. The van der Waals surface area contributed by atoms with Crippen LogP contribution in [0.1, 0.15) is 12.8 Å². The van der Waals surface area contributed by atoms with E-state index in [2.05, 4.69) is 4.98 Å². The molecule has 0 radical (unpaired) electrons. The molecule has 6 nitrogen and oxygen atoms in total. The second-order valence-electron chi connectivity index (χ2n) is 4.31. The highest BCUT2D eigenvalue weighted by molar-refractivity contribution is 5.93. The molecule has 0 atom stereocenters. The van der Waals surface area contributed by atoms with E-state index >= 15 is 0 Å². The molecule has 1 heterocycles. The molecule has 0 spiro atoms. The number of carboxylic acids is 1. The minimum Gasteiger partial charge on any atom is -0.480 e. The molecule has 1 fully saturated rings. The lowest BCUT2D eigenvalue weighted by atomic mass is 10.4. The van der Waals surface area contributed by atoms with Crippen molar-refractivity contribution in [1.29, 1.82) is 0 Å². The minimum absolute atomic E-state index is 0.0627. The molecule has 0 unspecified atom stereocenters. The molecule has 2 rings (SSSR count). The van der Waals surface area contributed by atoms with Crippen LogP contribution in [0.4, 0.5) is 10.5 Å². The number of aliphatic carboxylic acids is 1. The molecule has 1 saturated carbocycles. The van der Waals surface area contributed by atoms with E-state index < -0.39 is 5.97 Å². The van der Waals surface area contributed by atoms with Crippen LogP contribution in [0.3, 0.4) is 0 Å². The van der Waals surface area contributed by atoms with Crippen molar-refractivity contribution in [3.63, 3.8) is 0 Å². The largest absolute Gasteiger partial charge is 0.480 e. The van der Waals surface area contributed by atoms with Crippen molar-refractivity contribution in [2.75, 3.05) is 18.5 Å². The lowest BCUT2D eigenvalue weighted by molar-refractivity contribution is -0.137. The SMILES string of the molecule is CN(C(=O)N(CC(=O)O)C1CC1)c1cccnc1. The van der Waals surface area contributed by atoms with E-state index in [1.807, 2.05) is 0 Å². The standard InChI is InChI=1S/C12H15N3O3/c1-14(10-3-2-6-13-7-10)12(18)15(8-11(16)17)9-4-5-9/h2-3,6-7,9H,4-5,8H2,1H3,(H,16,17). The van der Waals surface area contributed by atoms with E-state index in [0.29, 0.717) is 5.69 Å². The number of amides is 2. The molecule has 1 aromatic rings. The van der Waals surface area contributed by atoms with E-state index in [9.17, 15) is 9.59 Å². The number of hydrogen-bond acceptors (Lipinski definition) is 3. The highest BCUT2D eigenvalue weighted by atomic mass is 16.4. The summed E-state index contributed by atoms with van der Waals surface area (Å²) in [6.07, 6.45) is 4.95. The van der Waals surface area contributed by atoms with Crippen molar-refractivity contribution in [3.05, 3.63) is 24.5 Å². The predicted octanol–water partition coefficient (Wildman–Crippen LogP) is 1.19. The smallest absolute Gasteiger partial charge is 0.325 e. The minimum atomic E-state index is -0.991. The molecule has 0 saturated heterocycles. The first kappa shape index (κ1) is 12.3. The van der Waals surface area contributed by atoms with Gasteiger partial charge in [0.1, 0.15) is 6.54 Å². The summed E-state index contributed by atoms with van der Waals surface area (Å²) in [6.45, 7) is -0.256. The summed E-state index contributed by atoms with van der Waals surface area (Å²) >= 11 is 0. The Bertz CT molecular complexity index is 445. The molecular formula is C12H15N3O3. The molecule has 96 valence electrons. The summed E-state index contributed by atoms with van der Waals surface area (Å²) in [5.74, 6) is -0.991. The first-order chi connectivity index (χ1) is 8.59. The van der Waals surface area contributed by atoms with Crippen molar-refractivity contribution >= 4 is 17.7 Å². The quantitative estimate of drug-likeness (QED) is 0.869. The Morgan fingerprint density at radius 1 is 1.50 bits per heavy atom. The van der Waals surface area contributed by atoms with Gasteiger partial charge in [-0.3, -0.25) is 14.7 Å². The summed E-state index contributed by atoms with van der Waals surface area (Å²) in [5, 5.41) is 8.84. The van der Waals surface area contributed by atoms with E-state index in [0.717, 1.165) is 12.8 Å². The van der Waals surface area contributed by atoms with Crippen molar-refractivity contribution in [2.45, 2.75) is 18.9 Å². The molecule has 1 aromatic heterocycles. The number of pyridine rings is 1. The van der Waals surface area contributed by atoms with Crippen LogP contribution in [0.2, 0.25) is 0 Å². The van der Waals surface area contributed by atoms with Crippen LogP contribution >= 0.6 is 0 Å². The van der Waals surface area contributed by atoms with Gasteiger partial charge in [-0.05, 0) is 25.0 Å². The predicted molar refractivity (Wildman–Crippen MR) is 65.4 cm³/mol. The number of carboxylic acid groups (broad SMARTS) is 1. The van der Waals surface area contributed by atoms with E-state index in [4.69, 9.17) is 5.11 Å². The van der Waals surface area contributed by atoms with Gasteiger partial charge in [0.15, 0.2) is 0 Å². The molecule has 6 heteroatoms. The molecule has 18 heavy (non-hydrogen) atoms. The maximum absolute atomic E-state index is 12.2. The maximum Gasteiger partial charge on any atom is 0.325 e. The number of carbonyl (C=O) groups is 2. The molecule has 2 amide bonds. The van der Waals surface area contributed by atoms with Gasteiger partial charge in [0.05, 0.1) is 11.9 Å². The molecule has 0 aromatic carbocycles. The van der Waals surface area contributed by atoms with Crippen molar-refractivity contribution in [2.24, 2.45) is 0 Å². The van der Waals surface area contributed by atoms with Gasteiger partial charge in [0, 0.05) is 19.3 Å². The van der Waals surface area contributed by atoms with E-state index in [-0.39, 0.29) is 18.6 Å². The third-order valence-corrected chi connectivity index (χ3v) is 2.86. The van der Waals surface area contributed by atoms with Gasteiger partial charge in [0.2, 0.25) is 0 Å². The number of nitrogens with zero attached hydrogens (tertiary/aromatic N) is 3. The van der Waals surface area contributed by atoms with Crippen LogP contribution in [0.25, 0.3) is 0 Å². The Kier molecular flexibility index (Phi) is 3.45. The summed E-state index contributed by atoms with van der Waals surface area (Å²) in [4.78, 5) is 29.8. The summed E-state index contributed by atoms with van der Waals surface area (Å²) in [7, 11) is 1.62. The Balaban J connectivity index is 2.10. The van der Waals surface area contributed by atoms with Gasteiger partial charge < -0.3 is 10.0 Å². The average molecular weight is 249 g/mol. The van der Waals surface area contributed by atoms with Gasteiger partial charge in [-0.25, -0.2) is 4.79 Å². The van der Waals surface area contributed by atoms with Crippen molar-refractivity contribution in [3.8, 4) is 0 Å². The number of anilines is 1. The Hall–Kier alpha value is -2.11. The third kappa shape index (κ3) is 2.77. The van der Waals surface area contributed by atoms with Crippen LogP contribution in [0.5, 0.6) is 0 Å². The van der Waals surface area contributed by atoms with Crippen LogP contribution in [0.15, 0.2) is 24.5 Å². The Morgan fingerprint density at radius 3 is 2.72 bits per heavy atom. The molecule has 1 aliphatic rings. The van der Waals surface area contributed by atoms with Gasteiger partial charge in [-0.2, -0.15) is 0 Å². The van der Waals surface area contributed by atoms with Gasteiger partial charge >= 0.3 is 12.0 Å². The topological polar surface area (TPSA) is 73.7 Å². The molecular weight excluding hydrogens is 234 g/mol. The van der Waals surface area contributed by atoms with Gasteiger partial charge in [-0.15, -0.1) is 0 Å². The zero-order valence-corrected chi connectivity index (χ0v) is 10.1. The fourth-order valence-electron chi connectivity index (χ4n) is 1.74. The number of aromatic nitrogens is 1. The monoisotopic (exact) mass is 249 g/mol. The van der Waals surface area contributed by atoms with Crippen LogP contribution in [0, 0.1) is 0 Å². The number of carbonyl (C=O) groups excluding carboxylic acids is 1.